The van der Waals surface area contributed by atoms with Gasteiger partial charge in [0.2, 0.25) is 0 Å². The molecule has 2 heteroatoms. The molecule has 0 aliphatic rings. The number of para-hydroxylation sites is 2. The van der Waals surface area contributed by atoms with Crippen LogP contribution in [0.2, 0.25) is 0 Å². The molecule has 282 valence electrons. The molecule has 0 saturated heterocycles. The Morgan fingerprint density at radius 1 is 0.267 bits per heavy atom. The van der Waals surface area contributed by atoms with Crippen molar-refractivity contribution >= 4 is 59.3 Å². The summed E-state index contributed by atoms with van der Waals surface area (Å²) in [5, 5.41) is 5.03. The first-order valence-corrected chi connectivity index (χ1v) is 21.3. The molecule has 0 spiro atoms. The predicted octanol–water partition coefficient (Wildman–Crippen LogP) is 17.0. The summed E-state index contributed by atoms with van der Waals surface area (Å²) >= 11 is 1.86. The Balaban J connectivity index is 1.23. The van der Waals surface area contributed by atoms with Gasteiger partial charge in [0.25, 0.3) is 0 Å². The van der Waals surface area contributed by atoms with Gasteiger partial charge in [0.05, 0.1) is 17.1 Å². The van der Waals surface area contributed by atoms with Crippen LogP contribution in [0.5, 0.6) is 0 Å². The number of fused-ring (bicyclic) bond motifs is 4. The van der Waals surface area contributed by atoms with Gasteiger partial charge < -0.3 is 4.90 Å². The minimum absolute atomic E-state index is 1.10. The van der Waals surface area contributed by atoms with Gasteiger partial charge in [0, 0.05) is 36.9 Å². The Hall–Kier alpha value is -7.52. The number of anilines is 3. The molecule has 60 heavy (non-hydrogen) atoms. The molecule has 0 saturated carbocycles. The van der Waals surface area contributed by atoms with Gasteiger partial charge >= 0.3 is 0 Å². The lowest BCUT2D eigenvalue weighted by Crippen LogP contribution is -2.14. The molecule has 0 unspecified atom stereocenters. The minimum Gasteiger partial charge on any atom is -0.309 e. The van der Waals surface area contributed by atoms with E-state index < -0.39 is 0 Å². The summed E-state index contributed by atoms with van der Waals surface area (Å²) < 4.78 is 2.59. The number of hydrogen-bond donors (Lipinski definition) is 0. The number of thiophene rings is 1. The van der Waals surface area contributed by atoms with Gasteiger partial charge in [-0.05, 0) is 86.1 Å². The highest BCUT2D eigenvalue weighted by Crippen LogP contribution is 2.51. The molecule has 0 atom stereocenters. The molecule has 10 aromatic carbocycles. The molecule has 0 aliphatic carbocycles. The topological polar surface area (TPSA) is 3.24 Å². The summed E-state index contributed by atoms with van der Waals surface area (Å²) in [5.74, 6) is 0. The van der Waals surface area contributed by atoms with Crippen molar-refractivity contribution in [2.24, 2.45) is 0 Å². The summed E-state index contributed by atoms with van der Waals surface area (Å²) in [5.41, 5.74) is 15.2. The fourth-order valence-corrected chi connectivity index (χ4v) is 10.1. The van der Waals surface area contributed by atoms with Crippen molar-refractivity contribution in [3.63, 3.8) is 0 Å². The molecule has 0 radical (unpaired) electrons. The highest BCUT2D eigenvalue weighted by Gasteiger charge is 2.25. The van der Waals surface area contributed by atoms with Crippen LogP contribution in [-0.2, 0) is 0 Å². The fourth-order valence-electron chi connectivity index (χ4n) is 8.99. The van der Waals surface area contributed by atoms with Crippen LogP contribution in [0.25, 0.3) is 86.6 Å². The van der Waals surface area contributed by atoms with Crippen molar-refractivity contribution in [1.82, 2.24) is 0 Å². The third-order valence-corrected chi connectivity index (χ3v) is 12.8. The highest BCUT2D eigenvalue weighted by atomic mass is 32.1. The van der Waals surface area contributed by atoms with Gasteiger partial charge in [-0.1, -0.05) is 200 Å². The second-order valence-electron chi connectivity index (χ2n) is 15.2. The van der Waals surface area contributed by atoms with Crippen LogP contribution in [-0.4, -0.2) is 0 Å². The Kier molecular flexibility index (Phi) is 9.11. The van der Waals surface area contributed by atoms with Gasteiger partial charge in [0.1, 0.15) is 0 Å². The predicted molar refractivity (Wildman–Crippen MR) is 259 cm³/mol. The van der Waals surface area contributed by atoms with E-state index in [1.54, 1.807) is 0 Å². The van der Waals surface area contributed by atoms with Gasteiger partial charge in [-0.25, -0.2) is 0 Å². The van der Waals surface area contributed by atoms with E-state index in [1.807, 2.05) is 11.3 Å². The molecule has 0 N–H and O–H groups in total. The largest absolute Gasteiger partial charge is 0.309 e. The Labute approximate surface area is 354 Å². The van der Waals surface area contributed by atoms with E-state index in [9.17, 15) is 0 Å². The standard InChI is InChI=1S/C58H39NS/c1-4-19-40(20-5-1)44-37-38-54(51(39-44)42-23-8-3-9-24-42)59(53-34-14-11-28-47(53)49-32-18-36-56-58(49)50-29-12-15-35-55(50)60-56)52-33-13-10-27-46(52)48-31-17-26-43-25-16-30-45(57(43)48)41-21-6-2-7-22-41/h1-39H. The van der Waals surface area contributed by atoms with Crippen LogP contribution in [0, 0.1) is 0 Å². The summed E-state index contributed by atoms with van der Waals surface area (Å²) in [4.78, 5) is 2.53. The van der Waals surface area contributed by atoms with Gasteiger partial charge in [-0.3, -0.25) is 0 Å². The van der Waals surface area contributed by atoms with Crippen molar-refractivity contribution in [3.05, 3.63) is 237 Å². The first-order valence-electron chi connectivity index (χ1n) is 20.5. The minimum atomic E-state index is 1.10. The maximum atomic E-state index is 2.53. The van der Waals surface area contributed by atoms with Crippen LogP contribution >= 0.6 is 11.3 Å². The number of nitrogens with zero attached hydrogens (tertiary/aromatic N) is 1. The second kappa shape index (κ2) is 15.3. The van der Waals surface area contributed by atoms with Crippen LogP contribution in [0.15, 0.2) is 237 Å². The molecule has 0 amide bonds. The number of rotatable bonds is 8. The molecular weight excluding hydrogens is 743 g/mol. The van der Waals surface area contributed by atoms with Gasteiger partial charge in [-0.15, -0.1) is 11.3 Å². The van der Waals surface area contributed by atoms with E-state index >= 15 is 0 Å². The Morgan fingerprint density at radius 2 is 0.733 bits per heavy atom. The SMILES string of the molecule is c1ccc(-c2ccc(N(c3ccccc3-c3cccc4cccc(-c5ccccc5)c34)c3ccccc3-c3cccc4sc5ccccc5c34)c(-c3ccccc3)c2)cc1. The third kappa shape index (κ3) is 6.26. The third-order valence-electron chi connectivity index (χ3n) is 11.7. The number of benzene rings is 10. The summed E-state index contributed by atoms with van der Waals surface area (Å²) in [7, 11) is 0. The first kappa shape index (κ1) is 35.6. The number of hydrogen-bond acceptors (Lipinski definition) is 2. The summed E-state index contributed by atoms with van der Waals surface area (Å²) in [6, 6.07) is 86.3. The highest BCUT2D eigenvalue weighted by molar-refractivity contribution is 7.25. The molecular formula is C58H39NS. The zero-order valence-corrected chi connectivity index (χ0v) is 33.7. The van der Waals surface area contributed by atoms with Crippen LogP contribution < -0.4 is 4.90 Å². The zero-order chi connectivity index (χ0) is 39.8. The zero-order valence-electron chi connectivity index (χ0n) is 32.9. The van der Waals surface area contributed by atoms with Gasteiger partial charge in [0.15, 0.2) is 0 Å². The molecule has 1 heterocycles. The molecule has 11 aromatic rings. The van der Waals surface area contributed by atoms with Crippen molar-refractivity contribution in [2.45, 2.75) is 0 Å². The van der Waals surface area contributed by atoms with Crippen molar-refractivity contribution in [3.8, 4) is 55.6 Å². The second-order valence-corrected chi connectivity index (χ2v) is 16.3. The van der Waals surface area contributed by atoms with Crippen LogP contribution in [0.4, 0.5) is 17.1 Å². The smallest absolute Gasteiger partial charge is 0.0540 e. The lowest BCUT2D eigenvalue weighted by Gasteiger charge is -2.32. The quantitative estimate of drug-likeness (QED) is 0.148. The molecule has 0 bridgehead atoms. The average Bonchev–Trinajstić information content (AvgIpc) is 3.72. The molecule has 0 aliphatic heterocycles. The monoisotopic (exact) mass is 781 g/mol. The van der Waals surface area contributed by atoms with E-state index in [1.165, 1.54) is 69.9 Å². The lowest BCUT2D eigenvalue weighted by molar-refractivity contribution is 1.29. The summed E-state index contributed by atoms with van der Waals surface area (Å²) in [6.45, 7) is 0. The van der Waals surface area contributed by atoms with E-state index in [4.69, 9.17) is 0 Å². The van der Waals surface area contributed by atoms with Gasteiger partial charge in [-0.2, -0.15) is 0 Å². The Morgan fingerprint density at radius 3 is 1.40 bits per heavy atom. The molecule has 11 rings (SSSR count). The van der Waals surface area contributed by atoms with Crippen LogP contribution in [0.1, 0.15) is 0 Å². The average molecular weight is 782 g/mol. The summed E-state index contributed by atoms with van der Waals surface area (Å²) in [6.07, 6.45) is 0. The van der Waals surface area contributed by atoms with E-state index in [-0.39, 0.29) is 0 Å². The lowest BCUT2D eigenvalue weighted by atomic mass is 9.89. The van der Waals surface area contributed by atoms with E-state index in [0.29, 0.717) is 0 Å². The van der Waals surface area contributed by atoms with E-state index in [0.717, 1.165) is 33.8 Å². The van der Waals surface area contributed by atoms with Crippen molar-refractivity contribution in [2.75, 3.05) is 4.90 Å². The maximum absolute atomic E-state index is 2.53. The van der Waals surface area contributed by atoms with Crippen molar-refractivity contribution in [1.29, 1.82) is 0 Å². The van der Waals surface area contributed by atoms with Crippen molar-refractivity contribution < 1.29 is 0 Å². The molecule has 1 aromatic heterocycles. The maximum Gasteiger partial charge on any atom is 0.0540 e. The van der Waals surface area contributed by atoms with E-state index in [2.05, 4.69) is 241 Å². The molecule has 1 nitrogen and oxygen atoms in total. The normalized spacial score (nSPS) is 11.3. The Bertz CT molecular complexity index is 3310. The fraction of sp³-hybridized carbons (Fsp3) is 0. The first-order chi connectivity index (χ1) is 29.8. The molecule has 0 fully saturated rings. The van der Waals surface area contributed by atoms with Crippen LogP contribution in [0.3, 0.4) is 0 Å².